The number of amides is 1. The van der Waals surface area contributed by atoms with E-state index in [4.69, 9.17) is 25.8 Å². The average Bonchev–Trinajstić information content (AvgIpc) is 3.21. The predicted octanol–water partition coefficient (Wildman–Crippen LogP) is 2.25. The lowest BCUT2D eigenvalue weighted by molar-refractivity contribution is -0.147. The zero-order valence-electron chi connectivity index (χ0n) is 12.4. The van der Waals surface area contributed by atoms with Gasteiger partial charge in [0.25, 0.3) is 5.91 Å². The number of rotatable bonds is 4. The summed E-state index contributed by atoms with van der Waals surface area (Å²) in [5.74, 6) is 0.305. The minimum Gasteiger partial charge on any atom is -0.454 e. The molecule has 1 amide bonds. The molecule has 0 spiro atoms. The van der Waals surface area contributed by atoms with Crippen LogP contribution in [0.3, 0.4) is 0 Å². The summed E-state index contributed by atoms with van der Waals surface area (Å²) >= 11 is 6.06. The first-order valence-corrected chi connectivity index (χ1v) is 7.73. The summed E-state index contributed by atoms with van der Waals surface area (Å²) in [7, 11) is 0. The van der Waals surface area contributed by atoms with E-state index >= 15 is 0 Å². The van der Waals surface area contributed by atoms with Crippen LogP contribution in [0.25, 0.3) is 6.08 Å². The Morgan fingerprint density at radius 1 is 1.26 bits per heavy atom. The van der Waals surface area contributed by atoms with Crippen molar-refractivity contribution in [2.45, 2.75) is 12.8 Å². The van der Waals surface area contributed by atoms with Crippen molar-refractivity contribution >= 4 is 29.6 Å². The van der Waals surface area contributed by atoms with Gasteiger partial charge in [0.15, 0.2) is 18.1 Å². The van der Waals surface area contributed by atoms with E-state index in [1.54, 1.807) is 23.1 Å². The monoisotopic (exact) mass is 337 g/mol. The lowest BCUT2D eigenvalue weighted by Gasteiger charge is -2.14. The minimum absolute atomic E-state index is 0.128. The van der Waals surface area contributed by atoms with Gasteiger partial charge in [-0.15, -0.1) is 0 Å². The standard InChI is InChI=1S/C16H16ClNO5/c17-12-7-11(8-13-16(12)23-10-22-13)3-4-15(20)21-9-14(19)18-5-1-2-6-18/h3-4,7-8H,1-2,5-6,9-10H2/b4-3+. The highest BCUT2D eigenvalue weighted by Crippen LogP contribution is 2.40. The van der Waals surface area contributed by atoms with Crippen molar-refractivity contribution in [3.63, 3.8) is 0 Å². The summed E-state index contributed by atoms with van der Waals surface area (Å²) in [6.45, 7) is 1.37. The number of carbonyl (C=O) groups excluding carboxylic acids is 2. The van der Waals surface area contributed by atoms with Crippen LogP contribution in [0.4, 0.5) is 0 Å². The van der Waals surface area contributed by atoms with Crippen LogP contribution in [0.15, 0.2) is 18.2 Å². The van der Waals surface area contributed by atoms with Crippen LogP contribution in [0.1, 0.15) is 18.4 Å². The fourth-order valence-corrected chi connectivity index (χ4v) is 2.76. The molecule has 0 saturated carbocycles. The third kappa shape index (κ3) is 3.76. The molecular formula is C16H16ClNO5. The minimum atomic E-state index is -0.577. The van der Waals surface area contributed by atoms with Crippen molar-refractivity contribution in [1.82, 2.24) is 4.90 Å². The number of halogens is 1. The Hall–Kier alpha value is -2.21. The molecule has 2 aliphatic heterocycles. The van der Waals surface area contributed by atoms with Crippen molar-refractivity contribution in [2.24, 2.45) is 0 Å². The van der Waals surface area contributed by atoms with Crippen LogP contribution < -0.4 is 9.47 Å². The summed E-state index contributed by atoms with van der Waals surface area (Å²) in [5, 5.41) is 0.414. The number of esters is 1. The van der Waals surface area contributed by atoms with Gasteiger partial charge in [0.05, 0.1) is 5.02 Å². The van der Waals surface area contributed by atoms with Crippen LogP contribution in [0.5, 0.6) is 11.5 Å². The van der Waals surface area contributed by atoms with E-state index in [-0.39, 0.29) is 19.3 Å². The molecule has 0 atom stereocenters. The SMILES string of the molecule is O=C(/C=C/c1cc(Cl)c2c(c1)OCO2)OCC(=O)N1CCCC1. The van der Waals surface area contributed by atoms with Gasteiger partial charge < -0.3 is 19.1 Å². The van der Waals surface area contributed by atoms with Gasteiger partial charge >= 0.3 is 5.97 Å². The van der Waals surface area contributed by atoms with Crippen LogP contribution in [0.2, 0.25) is 5.02 Å². The third-order valence-corrected chi connectivity index (χ3v) is 3.94. The summed E-state index contributed by atoms with van der Waals surface area (Å²) < 4.78 is 15.4. The van der Waals surface area contributed by atoms with Gasteiger partial charge in [0.2, 0.25) is 6.79 Å². The number of carbonyl (C=O) groups is 2. The highest BCUT2D eigenvalue weighted by Gasteiger charge is 2.19. The zero-order chi connectivity index (χ0) is 16.2. The predicted molar refractivity (Wildman–Crippen MR) is 83.4 cm³/mol. The van der Waals surface area contributed by atoms with Crippen LogP contribution >= 0.6 is 11.6 Å². The summed E-state index contributed by atoms with van der Waals surface area (Å²) in [5.41, 5.74) is 0.682. The highest BCUT2D eigenvalue weighted by atomic mass is 35.5. The zero-order valence-corrected chi connectivity index (χ0v) is 13.2. The van der Waals surface area contributed by atoms with Crippen molar-refractivity contribution in [1.29, 1.82) is 0 Å². The number of fused-ring (bicyclic) bond motifs is 1. The second kappa shape index (κ2) is 6.91. The van der Waals surface area contributed by atoms with Gasteiger partial charge in [-0.05, 0) is 36.6 Å². The van der Waals surface area contributed by atoms with Gasteiger partial charge in [-0.2, -0.15) is 0 Å². The topological polar surface area (TPSA) is 65.1 Å². The molecule has 0 aromatic heterocycles. The number of nitrogens with zero attached hydrogens (tertiary/aromatic N) is 1. The van der Waals surface area contributed by atoms with Gasteiger partial charge in [-0.3, -0.25) is 4.79 Å². The first-order chi connectivity index (χ1) is 11.1. The van der Waals surface area contributed by atoms with Crippen LogP contribution in [-0.2, 0) is 14.3 Å². The number of benzene rings is 1. The fraction of sp³-hybridized carbons (Fsp3) is 0.375. The van der Waals surface area contributed by atoms with E-state index in [9.17, 15) is 9.59 Å². The van der Waals surface area contributed by atoms with E-state index < -0.39 is 5.97 Å². The van der Waals surface area contributed by atoms with E-state index in [1.807, 2.05) is 0 Å². The Balaban J connectivity index is 1.54. The first-order valence-electron chi connectivity index (χ1n) is 7.35. The first kappa shape index (κ1) is 15.7. The number of hydrogen-bond donors (Lipinski definition) is 0. The second-order valence-electron chi connectivity index (χ2n) is 5.27. The molecule has 2 aliphatic rings. The van der Waals surface area contributed by atoms with Crippen molar-refractivity contribution in [3.8, 4) is 11.5 Å². The molecule has 7 heteroatoms. The normalized spacial score (nSPS) is 16.1. The van der Waals surface area contributed by atoms with Gasteiger partial charge in [-0.25, -0.2) is 4.79 Å². The molecule has 0 unspecified atom stereocenters. The molecule has 0 bridgehead atoms. The summed E-state index contributed by atoms with van der Waals surface area (Å²) in [6, 6.07) is 3.38. The Labute approximate surface area is 138 Å². The van der Waals surface area contributed by atoms with Crippen molar-refractivity contribution in [2.75, 3.05) is 26.5 Å². The highest BCUT2D eigenvalue weighted by molar-refractivity contribution is 6.32. The average molecular weight is 338 g/mol. The molecule has 1 aromatic rings. The molecule has 0 aliphatic carbocycles. The Bertz CT molecular complexity index is 652. The molecule has 0 radical (unpaired) electrons. The van der Waals surface area contributed by atoms with Gasteiger partial charge in [0, 0.05) is 19.2 Å². The third-order valence-electron chi connectivity index (χ3n) is 3.66. The maximum Gasteiger partial charge on any atom is 0.331 e. The van der Waals surface area contributed by atoms with Gasteiger partial charge in [-0.1, -0.05) is 11.6 Å². The maximum atomic E-state index is 11.8. The van der Waals surface area contributed by atoms with E-state index in [0.29, 0.717) is 22.1 Å². The number of ether oxygens (including phenoxy) is 3. The Kier molecular flexibility index (Phi) is 4.71. The van der Waals surface area contributed by atoms with E-state index in [2.05, 4.69) is 0 Å². The molecule has 3 rings (SSSR count). The molecule has 1 saturated heterocycles. The van der Waals surface area contributed by atoms with Crippen molar-refractivity contribution in [3.05, 3.63) is 28.8 Å². The second-order valence-corrected chi connectivity index (χ2v) is 5.67. The van der Waals surface area contributed by atoms with Crippen LogP contribution in [-0.4, -0.2) is 43.3 Å². The van der Waals surface area contributed by atoms with Crippen LogP contribution in [0, 0.1) is 0 Å². The largest absolute Gasteiger partial charge is 0.454 e. The Morgan fingerprint density at radius 2 is 2.04 bits per heavy atom. The van der Waals surface area contributed by atoms with Gasteiger partial charge in [0.1, 0.15) is 0 Å². The van der Waals surface area contributed by atoms with Crippen molar-refractivity contribution < 1.29 is 23.8 Å². The molecule has 1 aromatic carbocycles. The smallest absolute Gasteiger partial charge is 0.331 e. The molecule has 6 nitrogen and oxygen atoms in total. The lowest BCUT2D eigenvalue weighted by atomic mass is 10.2. The molecule has 23 heavy (non-hydrogen) atoms. The number of hydrogen-bond acceptors (Lipinski definition) is 5. The molecule has 122 valence electrons. The maximum absolute atomic E-state index is 11.8. The lowest BCUT2D eigenvalue weighted by Crippen LogP contribution is -2.31. The molecule has 2 heterocycles. The quantitative estimate of drug-likeness (QED) is 0.623. The van der Waals surface area contributed by atoms with E-state index in [0.717, 1.165) is 25.9 Å². The fourth-order valence-electron chi connectivity index (χ4n) is 2.49. The molecule has 1 fully saturated rings. The summed E-state index contributed by atoms with van der Waals surface area (Å²) in [4.78, 5) is 25.2. The molecular weight excluding hydrogens is 322 g/mol. The Morgan fingerprint density at radius 3 is 2.83 bits per heavy atom. The van der Waals surface area contributed by atoms with E-state index in [1.165, 1.54) is 6.08 Å². The summed E-state index contributed by atoms with van der Waals surface area (Å²) in [6.07, 6.45) is 4.82. The molecule has 0 N–H and O–H groups in total. The number of likely N-dealkylation sites (tertiary alicyclic amines) is 1.